The van der Waals surface area contributed by atoms with Crippen LogP contribution in [0.5, 0.6) is 0 Å². The summed E-state index contributed by atoms with van der Waals surface area (Å²) in [5.41, 5.74) is 6.49. The molecule has 1 amide bonds. The van der Waals surface area contributed by atoms with Crippen LogP contribution in [-0.4, -0.2) is 55.4 Å². The number of nitrogens with one attached hydrogen (secondary N) is 1. The minimum atomic E-state index is -0.328. The standard InChI is InChI=1S/C22H35FN4O2/c1-22(2,3)25-21(28)29-15-16-4-7-18(8-5-16)26-10-12-27(13-11-26)20-9-6-17(24)14-19(20)23/h6,9,14,16,18H,4-5,7-8,10-13,15,24H2,1-3H3,(H,25,28). The van der Waals surface area contributed by atoms with E-state index in [1.807, 2.05) is 20.8 Å². The average Bonchev–Trinajstić information content (AvgIpc) is 2.66. The number of hydrogen-bond acceptors (Lipinski definition) is 5. The van der Waals surface area contributed by atoms with E-state index in [0.29, 0.717) is 29.9 Å². The van der Waals surface area contributed by atoms with Gasteiger partial charge < -0.3 is 20.7 Å². The number of benzene rings is 1. The summed E-state index contributed by atoms with van der Waals surface area (Å²) >= 11 is 0. The Morgan fingerprint density at radius 2 is 1.83 bits per heavy atom. The Balaban J connectivity index is 1.39. The summed E-state index contributed by atoms with van der Waals surface area (Å²) in [4.78, 5) is 16.5. The molecule has 1 heterocycles. The van der Waals surface area contributed by atoms with Gasteiger partial charge in [0.05, 0.1) is 12.3 Å². The van der Waals surface area contributed by atoms with Crippen molar-refractivity contribution in [3.05, 3.63) is 24.0 Å². The lowest BCUT2D eigenvalue weighted by Crippen LogP contribution is -2.51. The van der Waals surface area contributed by atoms with Crippen LogP contribution < -0.4 is 16.0 Å². The number of halogens is 1. The second-order valence-electron chi connectivity index (χ2n) is 9.38. The summed E-state index contributed by atoms with van der Waals surface area (Å²) in [6.07, 6.45) is 4.10. The molecule has 0 atom stereocenters. The fraction of sp³-hybridized carbons (Fsp3) is 0.682. The fourth-order valence-electron chi connectivity index (χ4n) is 4.32. The molecule has 7 heteroatoms. The smallest absolute Gasteiger partial charge is 0.407 e. The third kappa shape index (κ3) is 6.23. The normalized spacial score (nSPS) is 23.7. The number of nitrogens with two attached hydrogens (primary N) is 1. The molecule has 2 fully saturated rings. The molecular weight excluding hydrogens is 371 g/mol. The van der Waals surface area contributed by atoms with Gasteiger partial charge in [-0.05, 0) is 70.6 Å². The molecule has 6 nitrogen and oxygen atoms in total. The molecular formula is C22H35FN4O2. The Hall–Kier alpha value is -2.02. The maximum atomic E-state index is 14.2. The molecule has 2 aliphatic rings. The summed E-state index contributed by atoms with van der Waals surface area (Å²) in [6.45, 7) is 9.89. The minimum absolute atomic E-state index is 0.241. The number of ether oxygens (including phenoxy) is 1. The van der Waals surface area contributed by atoms with Crippen LogP contribution in [0.2, 0.25) is 0 Å². The van der Waals surface area contributed by atoms with Crippen molar-refractivity contribution < 1.29 is 13.9 Å². The lowest BCUT2D eigenvalue weighted by Gasteiger charge is -2.42. The van der Waals surface area contributed by atoms with Crippen molar-refractivity contribution in [3.63, 3.8) is 0 Å². The summed E-state index contributed by atoms with van der Waals surface area (Å²) in [5.74, 6) is 0.205. The number of carbonyl (C=O) groups excluding carboxylic acids is 1. The first-order valence-corrected chi connectivity index (χ1v) is 10.7. The highest BCUT2D eigenvalue weighted by molar-refractivity contribution is 5.68. The average molecular weight is 407 g/mol. The molecule has 3 N–H and O–H groups in total. The zero-order chi connectivity index (χ0) is 21.0. The first kappa shape index (κ1) is 21.7. The van der Waals surface area contributed by atoms with Crippen molar-refractivity contribution in [2.24, 2.45) is 5.92 Å². The van der Waals surface area contributed by atoms with Crippen LogP contribution in [0.15, 0.2) is 18.2 Å². The Labute approximate surface area is 173 Å². The van der Waals surface area contributed by atoms with Crippen molar-refractivity contribution in [1.82, 2.24) is 10.2 Å². The zero-order valence-corrected chi connectivity index (χ0v) is 17.9. The second-order valence-corrected chi connectivity index (χ2v) is 9.38. The molecule has 162 valence electrons. The van der Waals surface area contributed by atoms with Crippen molar-refractivity contribution in [3.8, 4) is 0 Å². The monoisotopic (exact) mass is 406 g/mol. The van der Waals surface area contributed by atoms with E-state index >= 15 is 0 Å². The highest BCUT2D eigenvalue weighted by atomic mass is 19.1. The van der Waals surface area contributed by atoms with Crippen LogP contribution in [0.1, 0.15) is 46.5 Å². The number of amides is 1. The van der Waals surface area contributed by atoms with E-state index < -0.39 is 0 Å². The predicted molar refractivity (Wildman–Crippen MR) is 115 cm³/mol. The molecule has 29 heavy (non-hydrogen) atoms. The van der Waals surface area contributed by atoms with Crippen LogP contribution >= 0.6 is 0 Å². The lowest BCUT2D eigenvalue weighted by molar-refractivity contribution is 0.0837. The molecule has 0 aromatic heterocycles. The van der Waals surface area contributed by atoms with Crippen molar-refractivity contribution in [2.45, 2.75) is 58.0 Å². The van der Waals surface area contributed by atoms with Gasteiger partial charge in [-0.3, -0.25) is 4.90 Å². The van der Waals surface area contributed by atoms with Gasteiger partial charge in [-0.1, -0.05) is 0 Å². The Bertz CT molecular complexity index is 691. The molecule has 0 bridgehead atoms. The topological polar surface area (TPSA) is 70.8 Å². The third-order valence-corrected chi connectivity index (χ3v) is 5.89. The van der Waals surface area contributed by atoms with Crippen LogP contribution in [-0.2, 0) is 4.74 Å². The summed E-state index contributed by atoms with van der Waals surface area (Å²) in [7, 11) is 0. The molecule has 1 saturated carbocycles. The number of anilines is 2. The van der Waals surface area contributed by atoms with Gasteiger partial charge >= 0.3 is 6.09 Å². The highest BCUT2D eigenvalue weighted by Crippen LogP contribution is 2.30. The molecule has 1 aliphatic heterocycles. The molecule has 0 radical (unpaired) electrons. The van der Waals surface area contributed by atoms with Crippen molar-refractivity contribution >= 4 is 17.5 Å². The lowest BCUT2D eigenvalue weighted by atomic mass is 9.85. The number of nitrogen functional groups attached to an aromatic ring is 1. The Kier molecular flexibility index (Phi) is 6.88. The fourth-order valence-corrected chi connectivity index (χ4v) is 4.32. The summed E-state index contributed by atoms with van der Waals surface area (Å²) < 4.78 is 19.6. The van der Waals surface area contributed by atoms with E-state index in [0.717, 1.165) is 51.9 Å². The number of rotatable bonds is 4. The van der Waals surface area contributed by atoms with E-state index in [-0.39, 0.29) is 17.4 Å². The van der Waals surface area contributed by atoms with Gasteiger partial charge in [0.2, 0.25) is 0 Å². The van der Waals surface area contributed by atoms with E-state index in [1.165, 1.54) is 6.07 Å². The van der Waals surface area contributed by atoms with Gasteiger partial charge in [-0.25, -0.2) is 9.18 Å². The number of nitrogens with zero attached hydrogens (tertiary/aromatic N) is 2. The number of alkyl carbamates (subject to hydrolysis) is 1. The number of carbonyl (C=O) groups is 1. The summed E-state index contributed by atoms with van der Waals surface area (Å²) in [6, 6.07) is 5.51. The van der Waals surface area contributed by atoms with E-state index in [4.69, 9.17) is 10.5 Å². The molecule has 3 rings (SSSR count). The van der Waals surface area contributed by atoms with Crippen molar-refractivity contribution in [2.75, 3.05) is 43.4 Å². The molecule has 1 aromatic carbocycles. The van der Waals surface area contributed by atoms with Crippen LogP contribution in [0.3, 0.4) is 0 Å². The third-order valence-electron chi connectivity index (χ3n) is 5.89. The highest BCUT2D eigenvalue weighted by Gasteiger charge is 2.29. The predicted octanol–water partition coefficient (Wildman–Crippen LogP) is 3.61. The molecule has 1 aromatic rings. The first-order valence-electron chi connectivity index (χ1n) is 10.7. The second kappa shape index (κ2) is 9.20. The number of piperazine rings is 1. The maximum absolute atomic E-state index is 14.2. The van der Waals surface area contributed by atoms with E-state index in [2.05, 4.69) is 15.1 Å². The maximum Gasteiger partial charge on any atom is 0.407 e. The Morgan fingerprint density at radius 3 is 2.41 bits per heavy atom. The molecule has 1 aliphatic carbocycles. The number of hydrogen-bond donors (Lipinski definition) is 2. The molecule has 0 unspecified atom stereocenters. The largest absolute Gasteiger partial charge is 0.449 e. The van der Waals surface area contributed by atoms with Gasteiger partial charge in [-0.15, -0.1) is 0 Å². The van der Waals surface area contributed by atoms with E-state index in [1.54, 1.807) is 12.1 Å². The molecule has 0 spiro atoms. The van der Waals surface area contributed by atoms with Crippen molar-refractivity contribution in [1.29, 1.82) is 0 Å². The molecule has 1 saturated heterocycles. The quantitative estimate of drug-likeness (QED) is 0.748. The zero-order valence-electron chi connectivity index (χ0n) is 17.9. The first-order chi connectivity index (χ1) is 13.7. The summed E-state index contributed by atoms with van der Waals surface area (Å²) in [5, 5.41) is 2.84. The Morgan fingerprint density at radius 1 is 1.17 bits per heavy atom. The van der Waals surface area contributed by atoms with Gasteiger partial charge in [-0.2, -0.15) is 0 Å². The van der Waals surface area contributed by atoms with Gasteiger partial charge in [0.1, 0.15) is 5.82 Å². The van der Waals surface area contributed by atoms with Gasteiger partial charge in [0, 0.05) is 43.4 Å². The minimum Gasteiger partial charge on any atom is -0.449 e. The van der Waals surface area contributed by atoms with Gasteiger partial charge in [0.15, 0.2) is 0 Å². The van der Waals surface area contributed by atoms with Crippen LogP contribution in [0.4, 0.5) is 20.6 Å². The van der Waals surface area contributed by atoms with Crippen LogP contribution in [0.25, 0.3) is 0 Å². The van der Waals surface area contributed by atoms with Gasteiger partial charge in [0.25, 0.3) is 0 Å². The SMILES string of the molecule is CC(C)(C)NC(=O)OCC1CCC(N2CCN(c3ccc(N)cc3F)CC2)CC1. The van der Waals surface area contributed by atoms with Crippen LogP contribution in [0, 0.1) is 11.7 Å². The van der Waals surface area contributed by atoms with E-state index in [9.17, 15) is 9.18 Å².